The maximum absolute atomic E-state index is 5.50. The van der Waals surface area contributed by atoms with Crippen LogP contribution in [0.1, 0.15) is 5.76 Å². The number of alkyl halides is 3. The second-order valence-corrected chi connectivity index (χ2v) is 4.39. The quantitative estimate of drug-likeness (QED) is 0.633. The van der Waals surface area contributed by atoms with Crippen LogP contribution in [0.5, 0.6) is 0 Å². The molecule has 0 saturated heterocycles. The first-order chi connectivity index (χ1) is 4.58. The standard InChI is InChI=1S/C6H5Cl3O/c7-6(8,9)4-5-2-1-3-10-5/h1-3H,4H2. The molecule has 0 aliphatic carbocycles. The highest BCUT2D eigenvalue weighted by atomic mass is 35.6. The van der Waals surface area contributed by atoms with Crippen molar-refractivity contribution in [1.29, 1.82) is 0 Å². The highest BCUT2D eigenvalue weighted by Crippen LogP contribution is 2.30. The van der Waals surface area contributed by atoms with Gasteiger partial charge in [0.25, 0.3) is 0 Å². The molecule has 1 aromatic rings. The summed E-state index contributed by atoms with van der Waals surface area (Å²) in [5, 5.41) is 0. The fraction of sp³-hybridized carbons (Fsp3) is 0.333. The van der Waals surface area contributed by atoms with Crippen LogP contribution in [0.2, 0.25) is 0 Å². The summed E-state index contributed by atoms with van der Waals surface area (Å²) in [7, 11) is 0. The molecule has 0 saturated carbocycles. The second-order valence-electron chi connectivity index (χ2n) is 1.87. The molecular formula is C6H5Cl3O. The molecule has 0 spiro atoms. The van der Waals surface area contributed by atoms with Crippen molar-refractivity contribution >= 4 is 34.8 Å². The molecule has 0 radical (unpaired) electrons. The van der Waals surface area contributed by atoms with E-state index in [1.807, 2.05) is 0 Å². The van der Waals surface area contributed by atoms with Crippen molar-refractivity contribution in [3.05, 3.63) is 24.2 Å². The van der Waals surface area contributed by atoms with E-state index in [1.54, 1.807) is 18.4 Å². The topological polar surface area (TPSA) is 13.1 Å². The van der Waals surface area contributed by atoms with Crippen LogP contribution in [-0.2, 0) is 6.42 Å². The van der Waals surface area contributed by atoms with Gasteiger partial charge in [0.1, 0.15) is 5.76 Å². The van der Waals surface area contributed by atoms with Crippen molar-refractivity contribution < 1.29 is 4.42 Å². The first-order valence-corrected chi connectivity index (χ1v) is 3.80. The minimum atomic E-state index is -1.25. The lowest BCUT2D eigenvalue weighted by Gasteiger charge is -2.06. The van der Waals surface area contributed by atoms with Gasteiger partial charge in [0.05, 0.1) is 12.7 Å². The molecule has 0 atom stereocenters. The Labute approximate surface area is 73.9 Å². The molecule has 0 bridgehead atoms. The highest BCUT2D eigenvalue weighted by Gasteiger charge is 2.21. The van der Waals surface area contributed by atoms with Crippen molar-refractivity contribution in [2.45, 2.75) is 10.2 Å². The lowest BCUT2D eigenvalue weighted by atomic mass is 10.4. The first kappa shape index (κ1) is 8.25. The van der Waals surface area contributed by atoms with Crippen molar-refractivity contribution in [2.75, 3.05) is 0 Å². The average molecular weight is 199 g/mol. The van der Waals surface area contributed by atoms with Gasteiger partial charge in [-0.3, -0.25) is 0 Å². The predicted octanol–water partition coefficient (Wildman–Crippen LogP) is 3.19. The third-order valence-electron chi connectivity index (χ3n) is 0.955. The normalized spacial score (nSPS) is 11.9. The van der Waals surface area contributed by atoms with Crippen LogP contribution < -0.4 is 0 Å². The summed E-state index contributed by atoms with van der Waals surface area (Å²) in [5.74, 6) is 0.681. The van der Waals surface area contributed by atoms with Crippen LogP contribution in [0, 0.1) is 0 Å². The van der Waals surface area contributed by atoms with Crippen molar-refractivity contribution in [3.8, 4) is 0 Å². The summed E-state index contributed by atoms with van der Waals surface area (Å²) < 4.78 is 3.70. The van der Waals surface area contributed by atoms with Gasteiger partial charge in [-0.1, -0.05) is 34.8 Å². The minimum Gasteiger partial charge on any atom is -0.469 e. The van der Waals surface area contributed by atoms with E-state index >= 15 is 0 Å². The summed E-state index contributed by atoms with van der Waals surface area (Å²) in [5.41, 5.74) is 0. The number of furan rings is 1. The monoisotopic (exact) mass is 198 g/mol. The number of halogens is 3. The minimum absolute atomic E-state index is 0.310. The Hall–Kier alpha value is 0.150. The molecule has 1 aromatic heterocycles. The van der Waals surface area contributed by atoms with Gasteiger partial charge in [0.15, 0.2) is 3.79 Å². The second kappa shape index (κ2) is 3.04. The average Bonchev–Trinajstić information content (AvgIpc) is 2.12. The van der Waals surface area contributed by atoms with E-state index in [-0.39, 0.29) is 0 Å². The molecule has 1 rings (SSSR count). The molecule has 1 heterocycles. The lowest BCUT2D eigenvalue weighted by molar-refractivity contribution is 0.510. The van der Waals surface area contributed by atoms with Crippen molar-refractivity contribution in [1.82, 2.24) is 0 Å². The Kier molecular flexibility index (Phi) is 2.50. The summed E-state index contributed by atoms with van der Waals surface area (Å²) in [6.07, 6.45) is 1.86. The Morgan fingerprint density at radius 3 is 2.50 bits per heavy atom. The molecule has 0 aromatic carbocycles. The van der Waals surface area contributed by atoms with Gasteiger partial charge in [-0.15, -0.1) is 0 Å². The van der Waals surface area contributed by atoms with Gasteiger partial charge in [-0.25, -0.2) is 0 Å². The molecule has 1 nitrogen and oxygen atoms in total. The van der Waals surface area contributed by atoms with E-state index in [9.17, 15) is 0 Å². The Bertz CT molecular complexity index is 187. The number of hydrogen-bond acceptors (Lipinski definition) is 1. The van der Waals surface area contributed by atoms with E-state index in [0.29, 0.717) is 12.2 Å². The third-order valence-corrected chi connectivity index (χ3v) is 1.36. The van der Waals surface area contributed by atoms with Crippen LogP contribution >= 0.6 is 34.8 Å². The molecule has 0 aliphatic rings. The largest absolute Gasteiger partial charge is 0.469 e. The molecule has 56 valence electrons. The lowest BCUT2D eigenvalue weighted by Crippen LogP contribution is -2.05. The Morgan fingerprint density at radius 1 is 1.40 bits per heavy atom. The van der Waals surface area contributed by atoms with E-state index in [1.165, 1.54) is 0 Å². The maximum Gasteiger partial charge on any atom is 0.197 e. The van der Waals surface area contributed by atoms with E-state index in [4.69, 9.17) is 39.2 Å². The molecule has 0 aliphatic heterocycles. The first-order valence-electron chi connectivity index (χ1n) is 2.67. The molecule has 0 unspecified atom stereocenters. The van der Waals surface area contributed by atoms with E-state index in [2.05, 4.69) is 0 Å². The summed E-state index contributed by atoms with van der Waals surface area (Å²) in [6.45, 7) is 0. The molecule has 4 heteroatoms. The van der Waals surface area contributed by atoms with Crippen LogP contribution in [-0.4, -0.2) is 3.79 Å². The number of rotatable bonds is 1. The maximum atomic E-state index is 5.50. The smallest absolute Gasteiger partial charge is 0.197 e. The summed E-state index contributed by atoms with van der Waals surface area (Å²) >= 11 is 16.5. The van der Waals surface area contributed by atoms with Crippen LogP contribution in [0.4, 0.5) is 0 Å². The zero-order valence-electron chi connectivity index (χ0n) is 4.98. The van der Waals surface area contributed by atoms with Gasteiger partial charge in [0, 0.05) is 0 Å². The van der Waals surface area contributed by atoms with Gasteiger partial charge in [-0.05, 0) is 12.1 Å². The van der Waals surface area contributed by atoms with E-state index in [0.717, 1.165) is 0 Å². The predicted molar refractivity (Wildman–Crippen MR) is 42.7 cm³/mol. The number of hydrogen-bond donors (Lipinski definition) is 0. The fourth-order valence-electron chi connectivity index (χ4n) is 0.611. The molecule has 0 N–H and O–H groups in total. The van der Waals surface area contributed by atoms with Crippen LogP contribution in [0.3, 0.4) is 0 Å². The Morgan fingerprint density at radius 2 is 2.10 bits per heavy atom. The SMILES string of the molecule is ClC(Cl)(Cl)Cc1ccco1. The molecule has 10 heavy (non-hydrogen) atoms. The highest BCUT2D eigenvalue weighted by molar-refractivity contribution is 6.67. The fourth-order valence-corrected chi connectivity index (χ4v) is 1.01. The summed E-state index contributed by atoms with van der Waals surface area (Å²) in [6, 6.07) is 3.52. The summed E-state index contributed by atoms with van der Waals surface area (Å²) in [4.78, 5) is 0. The zero-order valence-corrected chi connectivity index (χ0v) is 7.25. The third kappa shape index (κ3) is 2.82. The zero-order chi connectivity index (χ0) is 7.61. The van der Waals surface area contributed by atoms with Gasteiger partial charge in [-0.2, -0.15) is 0 Å². The van der Waals surface area contributed by atoms with Crippen molar-refractivity contribution in [2.24, 2.45) is 0 Å². The molecular weight excluding hydrogens is 194 g/mol. The van der Waals surface area contributed by atoms with Gasteiger partial charge in [0.2, 0.25) is 0 Å². The van der Waals surface area contributed by atoms with Crippen LogP contribution in [0.25, 0.3) is 0 Å². The molecule has 0 fully saturated rings. The van der Waals surface area contributed by atoms with E-state index < -0.39 is 3.79 Å². The van der Waals surface area contributed by atoms with Crippen LogP contribution in [0.15, 0.2) is 22.8 Å². The molecule has 0 amide bonds. The Balaban J connectivity index is 2.57. The van der Waals surface area contributed by atoms with Gasteiger partial charge >= 0.3 is 0 Å². The van der Waals surface area contributed by atoms with Gasteiger partial charge < -0.3 is 4.42 Å². The van der Waals surface area contributed by atoms with Crippen molar-refractivity contribution in [3.63, 3.8) is 0 Å².